The third kappa shape index (κ3) is 4.18. The van der Waals surface area contributed by atoms with Crippen LogP contribution in [0, 0.1) is 6.92 Å². The molecule has 2 amide bonds. The first kappa shape index (κ1) is 19.6. The van der Waals surface area contributed by atoms with Crippen molar-refractivity contribution in [1.82, 2.24) is 9.80 Å². The smallest absolute Gasteiger partial charge is 0.251 e. The van der Waals surface area contributed by atoms with Gasteiger partial charge < -0.3 is 4.74 Å². The van der Waals surface area contributed by atoms with E-state index in [4.69, 9.17) is 4.74 Å². The highest BCUT2D eigenvalue weighted by molar-refractivity contribution is 6.22. The maximum atomic E-state index is 13.0. The molecule has 6 nitrogen and oxygen atoms in total. The van der Waals surface area contributed by atoms with Crippen molar-refractivity contribution in [3.05, 3.63) is 59.7 Å². The molecular formula is C23H27N3O3. The Morgan fingerprint density at radius 1 is 1.00 bits per heavy atom. The molecule has 2 heterocycles. The van der Waals surface area contributed by atoms with Crippen LogP contribution in [0.5, 0.6) is 5.75 Å². The Labute approximate surface area is 171 Å². The van der Waals surface area contributed by atoms with Crippen molar-refractivity contribution < 1.29 is 14.3 Å². The summed E-state index contributed by atoms with van der Waals surface area (Å²) in [6.07, 6.45) is 0.244. The van der Waals surface area contributed by atoms with E-state index in [0.717, 1.165) is 32.7 Å². The van der Waals surface area contributed by atoms with Gasteiger partial charge in [0.25, 0.3) is 5.91 Å². The van der Waals surface area contributed by atoms with E-state index in [9.17, 15) is 9.59 Å². The fraction of sp³-hybridized carbons (Fsp3) is 0.391. The predicted molar refractivity (Wildman–Crippen MR) is 112 cm³/mol. The molecule has 0 saturated carbocycles. The van der Waals surface area contributed by atoms with Gasteiger partial charge in [-0.15, -0.1) is 0 Å². The van der Waals surface area contributed by atoms with Crippen LogP contribution in [0.15, 0.2) is 48.5 Å². The van der Waals surface area contributed by atoms with Crippen molar-refractivity contribution >= 4 is 17.5 Å². The van der Waals surface area contributed by atoms with Gasteiger partial charge in [-0.2, -0.15) is 0 Å². The minimum absolute atomic E-state index is 0.129. The first-order valence-electron chi connectivity index (χ1n) is 10.1. The lowest BCUT2D eigenvalue weighted by Crippen LogP contribution is -2.52. The highest BCUT2D eigenvalue weighted by atomic mass is 16.5. The first-order valence-corrected chi connectivity index (χ1v) is 10.1. The molecule has 2 aromatic rings. The summed E-state index contributed by atoms with van der Waals surface area (Å²) in [5.74, 6) is 0.363. The zero-order valence-corrected chi connectivity index (χ0v) is 17.0. The summed E-state index contributed by atoms with van der Waals surface area (Å²) >= 11 is 0. The van der Waals surface area contributed by atoms with Crippen molar-refractivity contribution in [1.29, 1.82) is 0 Å². The number of aryl methyl sites for hydroxylation is 1. The number of piperazine rings is 1. The van der Waals surface area contributed by atoms with Gasteiger partial charge in [0.2, 0.25) is 5.91 Å². The number of hydrogen-bond acceptors (Lipinski definition) is 5. The van der Waals surface area contributed by atoms with Gasteiger partial charge in [0.15, 0.2) is 0 Å². The average Bonchev–Trinajstić information content (AvgIpc) is 3.02. The molecule has 4 rings (SSSR count). The number of carbonyl (C=O) groups is 2. The maximum absolute atomic E-state index is 13.0. The third-order valence-corrected chi connectivity index (χ3v) is 5.77. The van der Waals surface area contributed by atoms with Gasteiger partial charge in [0.05, 0.1) is 25.3 Å². The molecular weight excluding hydrogens is 366 g/mol. The second-order valence-corrected chi connectivity index (χ2v) is 7.79. The second-order valence-electron chi connectivity index (χ2n) is 7.79. The summed E-state index contributed by atoms with van der Waals surface area (Å²) in [6.45, 7) is 6.40. The van der Waals surface area contributed by atoms with Gasteiger partial charge in [0, 0.05) is 38.8 Å². The van der Waals surface area contributed by atoms with Crippen LogP contribution in [0.1, 0.15) is 17.5 Å². The molecule has 0 N–H and O–H groups in total. The Morgan fingerprint density at radius 3 is 2.48 bits per heavy atom. The van der Waals surface area contributed by atoms with Gasteiger partial charge in [-0.1, -0.05) is 35.9 Å². The summed E-state index contributed by atoms with van der Waals surface area (Å²) in [5.41, 5.74) is 3.17. The molecule has 152 valence electrons. The first-order chi connectivity index (χ1) is 14.0. The van der Waals surface area contributed by atoms with Crippen LogP contribution >= 0.6 is 0 Å². The van der Waals surface area contributed by atoms with E-state index in [-0.39, 0.29) is 24.3 Å². The zero-order valence-electron chi connectivity index (χ0n) is 17.0. The van der Waals surface area contributed by atoms with Crippen LogP contribution in [0.25, 0.3) is 0 Å². The third-order valence-electron chi connectivity index (χ3n) is 5.77. The molecule has 0 bridgehead atoms. The van der Waals surface area contributed by atoms with Crippen molar-refractivity contribution in [3.8, 4) is 5.75 Å². The van der Waals surface area contributed by atoms with E-state index < -0.39 is 0 Å². The van der Waals surface area contributed by atoms with E-state index >= 15 is 0 Å². The van der Waals surface area contributed by atoms with Crippen molar-refractivity contribution in [2.45, 2.75) is 25.9 Å². The number of anilines is 1. The Morgan fingerprint density at radius 2 is 1.76 bits per heavy atom. The zero-order chi connectivity index (χ0) is 20.4. The molecule has 2 aliphatic rings. The molecule has 0 aliphatic carbocycles. The number of amides is 2. The maximum Gasteiger partial charge on any atom is 0.251 e. The summed E-state index contributed by atoms with van der Waals surface area (Å²) < 4.78 is 5.23. The predicted octanol–water partition coefficient (Wildman–Crippen LogP) is 2.45. The lowest BCUT2D eigenvalue weighted by Gasteiger charge is -2.37. The molecule has 2 aromatic carbocycles. The Kier molecular flexibility index (Phi) is 5.65. The second kappa shape index (κ2) is 8.35. The van der Waals surface area contributed by atoms with Gasteiger partial charge in [-0.25, -0.2) is 4.90 Å². The summed E-state index contributed by atoms with van der Waals surface area (Å²) in [4.78, 5) is 31.5. The minimum Gasteiger partial charge on any atom is -0.497 e. The number of benzene rings is 2. The van der Waals surface area contributed by atoms with E-state index in [2.05, 4.69) is 41.0 Å². The van der Waals surface area contributed by atoms with Crippen LogP contribution in [0.2, 0.25) is 0 Å². The monoisotopic (exact) mass is 393 g/mol. The number of nitrogens with zero attached hydrogens (tertiary/aromatic N) is 3. The molecule has 2 fully saturated rings. The summed E-state index contributed by atoms with van der Waals surface area (Å²) in [7, 11) is 1.58. The van der Waals surface area contributed by atoms with E-state index in [1.54, 1.807) is 31.4 Å². The van der Waals surface area contributed by atoms with Gasteiger partial charge in [-0.05, 0) is 24.6 Å². The minimum atomic E-state index is -0.366. The molecule has 6 heteroatoms. The van der Waals surface area contributed by atoms with E-state index in [0.29, 0.717) is 11.4 Å². The number of rotatable bonds is 5. The molecule has 29 heavy (non-hydrogen) atoms. The fourth-order valence-corrected chi connectivity index (χ4v) is 4.22. The van der Waals surface area contributed by atoms with Gasteiger partial charge >= 0.3 is 0 Å². The Bertz CT molecular complexity index is 906. The van der Waals surface area contributed by atoms with Gasteiger partial charge in [-0.3, -0.25) is 19.4 Å². The van der Waals surface area contributed by atoms with Crippen molar-refractivity contribution in [3.63, 3.8) is 0 Å². The number of methoxy groups -OCH3 is 1. The molecule has 0 radical (unpaired) electrons. The number of hydrogen-bond donors (Lipinski definition) is 0. The normalized spacial score (nSPS) is 21.0. The van der Waals surface area contributed by atoms with Crippen LogP contribution in [-0.2, 0) is 16.1 Å². The highest BCUT2D eigenvalue weighted by Crippen LogP contribution is 2.28. The molecule has 0 spiro atoms. The topological polar surface area (TPSA) is 53.1 Å². The largest absolute Gasteiger partial charge is 0.497 e. The Balaban J connectivity index is 1.38. The standard InChI is InChI=1S/C23H27N3O3/c1-17-5-3-6-18(13-17)16-24-9-11-25(12-10-24)21-15-22(27)26(23(21)28)19-7-4-8-20(14-19)29-2/h3-8,13-14,21H,9-12,15-16H2,1-2H3/t21-/m0/s1. The number of carbonyl (C=O) groups excluding carboxylic acids is 2. The van der Waals surface area contributed by atoms with Crippen LogP contribution in [0.3, 0.4) is 0 Å². The van der Waals surface area contributed by atoms with Crippen LogP contribution < -0.4 is 9.64 Å². The number of ether oxygens (including phenoxy) is 1. The van der Waals surface area contributed by atoms with Gasteiger partial charge in [0.1, 0.15) is 5.75 Å². The van der Waals surface area contributed by atoms with Crippen LogP contribution in [0.4, 0.5) is 5.69 Å². The molecule has 0 unspecified atom stereocenters. The average molecular weight is 393 g/mol. The molecule has 2 aliphatic heterocycles. The van der Waals surface area contributed by atoms with E-state index in [1.165, 1.54) is 16.0 Å². The van der Waals surface area contributed by atoms with Crippen molar-refractivity contribution in [2.24, 2.45) is 0 Å². The quantitative estimate of drug-likeness (QED) is 0.731. The lowest BCUT2D eigenvalue weighted by atomic mass is 10.1. The van der Waals surface area contributed by atoms with E-state index in [1.807, 2.05) is 0 Å². The van der Waals surface area contributed by atoms with Crippen LogP contribution in [-0.4, -0.2) is 60.9 Å². The fourth-order valence-electron chi connectivity index (χ4n) is 4.22. The SMILES string of the molecule is COc1cccc(N2C(=O)C[C@H](N3CCN(Cc4cccc(C)c4)CC3)C2=O)c1. The number of imide groups is 1. The highest BCUT2D eigenvalue weighted by Gasteiger charge is 2.43. The molecule has 2 saturated heterocycles. The summed E-state index contributed by atoms with van der Waals surface area (Å²) in [6, 6.07) is 15.3. The summed E-state index contributed by atoms with van der Waals surface area (Å²) in [5, 5.41) is 0. The van der Waals surface area contributed by atoms with Crippen molar-refractivity contribution in [2.75, 3.05) is 38.2 Å². The Hall–Kier alpha value is -2.70. The molecule has 1 atom stereocenters. The lowest BCUT2D eigenvalue weighted by molar-refractivity contribution is -0.123. The molecule has 0 aromatic heterocycles.